The van der Waals surface area contributed by atoms with Crippen molar-refractivity contribution in [1.82, 2.24) is 20.6 Å². The van der Waals surface area contributed by atoms with Crippen LogP contribution in [0.25, 0.3) is 0 Å². The van der Waals surface area contributed by atoms with Crippen LogP contribution in [0.2, 0.25) is 0 Å². The maximum atomic E-state index is 12.1. The zero-order chi connectivity index (χ0) is 16.6. The third-order valence-electron chi connectivity index (χ3n) is 3.96. The highest BCUT2D eigenvalue weighted by Gasteiger charge is 2.15. The van der Waals surface area contributed by atoms with Gasteiger partial charge < -0.3 is 15.4 Å². The Labute approximate surface area is 141 Å². The minimum atomic E-state index is -0.133. The summed E-state index contributed by atoms with van der Waals surface area (Å²) in [7, 11) is 0. The summed E-state index contributed by atoms with van der Waals surface area (Å²) in [4.78, 5) is 20.6. The van der Waals surface area contributed by atoms with E-state index in [1.807, 2.05) is 18.2 Å². The van der Waals surface area contributed by atoms with E-state index in [9.17, 15) is 4.79 Å². The van der Waals surface area contributed by atoms with Crippen molar-refractivity contribution in [3.63, 3.8) is 0 Å². The summed E-state index contributed by atoms with van der Waals surface area (Å²) >= 11 is 0. The molecule has 0 aliphatic carbocycles. The first-order chi connectivity index (χ1) is 11.8. The lowest BCUT2D eigenvalue weighted by atomic mass is 10.1. The van der Waals surface area contributed by atoms with Gasteiger partial charge in [-0.3, -0.25) is 9.78 Å². The fourth-order valence-electron chi connectivity index (χ4n) is 2.62. The standard InChI is InChI=1S/C18H22N4O2/c23-18(21-12-6-15-3-1-2-9-20-15)14-4-5-17(22-13-14)24-16-7-10-19-11-8-16/h1-5,9,13,16,19H,6-8,10-12H2,(H,21,23). The SMILES string of the molecule is O=C(NCCc1ccccn1)c1ccc(OC2CCNCC2)nc1. The van der Waals surface area contributed by atoms with Crippen LogP contribution < -0.4 is 15.4 Å². The van der Waals surface area contributed by atoms with Crippen molar-refractivity contribution in [1.29, 1.82) is 0 Å². The lowest BCUT2D eigenvalue weighted by Crippen LogP contribution is -2.34. The molecule has 0 bridgehead atoms. The molecule has 1 aliphatic heterocycles. The van der Waals surface area contributed by atoms with E-state index in [2.05, 4.69) is 20.6 Å². The van der Waals surface area contributed by atoms with Crippen LogP contribution in [-0.2, 0) is 6.42 Å². The molecule has 0 spiro atoms. The summed E-state index contributed by atoms with van der Waals surface area (Å²) in [6.45, 7) is 2.49. The number of amides is 1. The normalized spacial score (nSPS) is 15.0. The molecule has 2 N–H and O–H groups in total. The minimum absolute atomic E-state index is 0.133. The van der Waals surface area contributed by atoms with E-state index in [0.29, 0.717) is 24.4 Å². The molecule has 1 saturated heterocycles. The highest BCUT2D eigenvalue weighted by Crippen LogP contribution is 2.14. The van der Waals surface area contributed by atoms with Gasteiger partial charge in [0.15, 0.2) is 0 Å². The Bertz CT molecular complexity index is 640. The molecule has 6 nitrogen and oxygen atoms in total. The molecule has 0 radical (unpaired) electrons. The van der Waals surface area contributed by atoms with Crippen LogP contribution in [0.3, 0.4) is 0 Å². The fraction of sp³-hybridized carbons (Fsp3) is 0.389. The summed E-state index contributed by atoms with van der Waals surface area (Å²) in [6, 6.07) is 9.27. The Hall–Kier alpha value is -2.47. The maximum Gasteiger partial charge on any atom is 0.252 e. The number of hydrogen-bond donors (Lipinski definition) is 2. The third-order valence-corrected chi connectivity index (χ3v) is 3.96. The van der Waals surface area contributed by atoms with Gasteiger partial charge in [-0.2, -0.15) is 0 Å². The average molecular weight is 326 g/mol. The molecule has 1 amide bonds. The number of nitrogens with one attached hydrogen (secondary N) is 2. The fourth-order valence-corrected chi connectivity index (χ4v) is 2.62. The molecule has 3 rings (SSSR count). The van der Waals surface area contributed by atoms with Gasteiger partial charge in [-0.15, -0.1) is 0 Å². The second-order valence-electron chi connectivity index (χ2n) is 5.78. The van der Waals surface area contributed by atoms with Gasteiger partial charge in [0.2, 0.25) is 5.88 Å². The molecule has 1 fully saturated rings. The first-order valence-electron chi connectivity index (χ1n) is 8.33. The van der Waals surface area contributed by atoms with Crippen molar-refractivity contribution in [2.75, 3.05) is 19.6 Å². The zero-order valence-electron chi connectivity index (χ0n) is 13.6. The summed E-state index contributed by atoms with van der Waals surface area (Å²) < 4.78 is 5.84. The van der Waals surface area contributed by atoms with E-state index >= 15 is 0 Å². The number of pyridine rings is 2. The monoisotopic (exact) mass is 326 g/mol. The number of aromatic nitrogens is 2. The molecule has 2 aromatic heterocycles. The number of carbonyl (C=O) groups is 1. The van der Waals surface area contributed by atoms with Gasteiger partial charge in [-0.05, 0) is 44.1 Å². The van der Waals surface area contributed by atoms with Crippen LogP contribution in [0, 0.1) is 0 Å². The van der Waals surface area contributed by atoms with Crippen molar-refractivity contribution in [2.24, 2.45) is 0 Å². The van der Waals surface area contributed by atoms with Gasteiger partial charge in [0, 0.05) is 37.1 Å². The molecule has 2 aromatic rings. The van der Waals surface area contributed by atoms with Crippen molar-refractivity contribution in [3.8, 4) is 5.88 Å². The molecule has 6 heteroatoms. The van der Waals surface area contributed by atoms with Gasteiger partial charge in [-0.25, -0.2) is 4.98 Å². The molecule has 1 aliphatic rings. The minimum Gasteiger partial charge on any atom is -0.474 e. The van der Waals surface area contributed by atoms with E-state index in [0.717, 1.165) is 31.6 Å². The van der Waals surface area contributed by atoms with Crippen LogP contribution in [0.1, 0.15) is 28.9 Å². The Balaban J connectivity index is 1.46. The predicted octanol–water partition coefficient (Wildman–Crippen LogP) is 1.58. The maximum absolute atomic E-state index is 12.1. The molecule has 0 aromatic carbocycles. The molecule has 0 unspecified atom stereocenters. The van der Waals surface area contributed by atoms with Gasteiger partial charge in [0.1, 0.15) is 6.10 Å². The van der Waals surface area contributed by atoms with E-state index in [1.54, 1.807) is 24.5 Å². The second-order valence-corrected chi connectivity index (χ2v) is 5.78. The Morgan fingerprint density at radius 2 is 2.08 bits per heavy atom. The lowest BCUT2D eigenvalue weighted by molar-refractivity contribution is 0.0953. The van der Waals surface area contributed by atoms with Gasteiger partial charge in [0.05, 0.1) is 5.56 Å². The molecule has 24 heavy (non-hydrogen) atoms. The van der Waals surface area contributed by atoms with Gasteiger partial charge in [0.25, 0.3) is 5.91 Å². The van der Waals surface area contributed by atoms with Crippen molar-refractivity contribution < 1.29 is 9.53 Å². The second kappa shape index (κ2) is 8.40. The molecule has 0 saturated carbocycles. The van der Waals surface area contributed by atoms with E-state index in [-0.39, 0.29) is 12.0 Å². The van der Waals surface area contributed by atoms with Crippen LogP contribution in [0.15, 0.2) is 42.7 Å². The first kappa shape index (κ1) is 16.4. The number of ether oxygens (including phenoxy) is 1. The number of piperidine rings is 1. The summed E-state index contributed by atoms with van der Waals surface area (Å²) in [5.74, 6) is 0.443. The number of nitrogens with zero attached hydrogens (tertiary/aromatic N) is 2. The number of hydrogen-bond acceptors (Lipinski definition) is 5. The molecule has 3 heterocycles. The zero-order valence-corrected chi connectivity index (χ0v) is 13.6. The van der Waals surface area contributed by atoms with Crippen LogP contribution >= 0.6 is 0 Å². The smallest absolute Gasteiger partial charge is 0.252 e. The molecular weight excluding hydrogens is 304 g/mol. The van der Waals surface area contributed by atoms with E-state index in [1.165, 1.54) is 0 Å². The van der Waals surface area contributed by atoms with Gasteiger partial charge in [-0.1, -0.05) is 6.07 Å². The Morgan fingerprint density at radius 3 is 2.79 bits per heavy atom. The van der Waals surface area contributed by atoms with Gasteiger partial charge >= 0.3 is 0 Å². The summed E-state index contributed by atoms with van der Waals surface area (Å²) in [5.41, 5.74) is 1.50. The van der Waals surface area contributed by atoms with Crippen LogP contribution in [0.5, 0.6) is 5.88 Å². The topological polar surface area (TPSA) is 76.1 Å². The molecule has 0 atom stereocenters. The average Bonchev–Trinajstić information content (AvgIpc) is 2.64. The first-order valence-corrected chi connectivity index (χ1v) is 8.33. The van der Waals surface area contributed by atoms with Crippen LogP contribution in [0.4, 0.5) is 0 Å². The molecule has 126 valence electrons. The number of carbonyl (C=O) groups excluding carboxylic acids is 1. The van der Waals surface area contributed by atoms with Crippen molar-refractivity contribution in [2.45, 2.75) is 25.4 Å². The van der Waals surface area contributed by atoms with Crippen LogP contribution in [-0.4, -0.2) is 41.6 Å². The quantitative estimate of drug-likeness (QED) is 0.843. The van der Waals surface area contributed by atoms with E-state index < -0.39 is 0 Å². The lowest BCUT2D eigenvalue weighted by Gasteiger charge is -2.23. The summed E-state index contributed by atoms with van der Waals surface area (Å²) in [6.07, 6.45) is 6.19. The predicted molar refractivity (Wildman–Crippen MR) is 91.0 cm³/mol. The van der Waals surface area contributed by atoms with Crippen molar-refractivity contribution in [3.05, 3.63) is 54.0 Å². The van der Waals surface area contributed by atoms with Crippen molar-refractivity contribution >= 4 is 5.91 Å². The summed E-state index contributed by atoms with van der Waals surface area (Å²) in [5, 5.41) is 6.18. The largest absolute Gasteiger partial charge is 0.474 e. The van der Waals surface area contributed by atoms with E-state index in [4.69, 9.17) is 4.74 Å². The highest BCUT2D eigenvalue weighted by molar-refractivity contribution is 5.93. The molecular formula is C18H22N4O2. The number of rotatable bonds is 6. The highest BCUT2D eigenvalue weighted by atomic mass is 16.5. The Kier molecular flexibility index (Phi) is 5.74. The third kappa shape index (κ3) is 4.76. The Morgan fingerprint density at radius 1 is 1.21 bits per heavy atom.